The van der Waals surface area contributed by atoms with Crippen molar-refractivity contribution >= 4 is 17.4 Å². The van der Waals surface area contributed by atoms with E-state index in [1.165, 1.54) is 4.90 Å². The van der Waals surface area contributed by atoms with Crippen LogP contribution in [0.15, 0.2) is 48.8 Å². The van der Waals surface area contributed by atoms with Gasteiger partial charge in [-0.25, -0.2) is 4.79 Å². The summed E-state index contributed by atoms with van der Waals surface area (Å²) in [6.45, 7) is 1.92. The van der Waals surface area contributed by atoms with Gasteiger partial charge in [0, 0.05) is 36.9 Å². The van der Waals surface area contributed by atoms with E-state index in [9.17, 15) is 4.79 Å². The Morgan fingerprint density at radius 1 is 1.20 bits per heavy atom. The van der Waals surface area contributed by atoms with Crippen molar-refractivity contribution in [1.29, 1.82) is 0 Å². The summed E-state index contributed by atoms with van der Waals surface area (Å²) in [5, 5.41) is 2.83. The van der Waals surface area contributed by atoms with Crippen molar-refractivity contribution in [2.75, 3.05) is 17.3 Å². The van der Waals surface area contributed by atoms with E-state index < -0.39 is 0 Å². The van der Waals surface area contributed by atoms with Crippen LogP contribution in [0, 0.1) is 0 Å². The fourth-order valence-electron chi connectivity index (χ4n) is 1.76. The molecule has 0 bridgehead atoms. The third-order valence-electron chi connectivity index (χ3n) is 3.04. The van der Waals surface area contributed by atoms with E-state index in [0.717, 1.165) is 16.9 Å². The summed E-state index contributed by atoms with van der Waals surface area (Å²) in [5.41, 5.74) is 8.34. The molecule has 0 aliphatic carbocycles. The minimum atomic E-state index is -0.204. The molecule has 1 unspecified atom stereocenters. The van der Waals surface area contributed by atoms with E-state index in [1.807, 2.05) is 31.2 Å². The van der Waals surface area contributed by atoms with Crippen molar-refractivity contribution in [3.8, 4) is 0 Å². The van der Waals surface area contributed by atoms with Gasteiger partial charge in [0.2, 0.25) is 0 Å². The van der Waals surface area contributed by atoms with Crippen LogP contribution in [0.1, 0.15) is 18.5 Å². The number of nitrogens with two attached hydrogens (primary N) is 1. The van der Waals surface area contributed by atoms with Gasteiger partial charge in [-0.15, -0.1) is 0 Å². The second kappa shape index (κ2) is 6.16. The molecule has 2 rings (SSSR count). The van der Waals surface area contributed by atoms with Gasteiger partial charge < -0.3 is 11.1 Å². The lowest BCUT2D eigenvalue weighted by atomic mass is 10.1. The van der Waals surface area contributed by atoms with E-state index in [-0.39, 0.29) is 12.1 Å². The largest absolute Gasteiger partial charge is 0.326 e. The molecule has 1 heterocycles. The molecule has 2 aromatic rings. The van der Waals surface area contributed by atoms with Gasteiger partial charge in [-0.05, 0) is 36.8 Å². The molecule has 0 saturated carbocycles. The van der Waals surface area contributed by atoms with Crippen LogP contribution in [-0.4, -0.2) is 18.1 Å². The SMILES string of the molecule is CC(N)c1ccc(NC(=O)N(C)c2ccncc2)cc1. The number of anilines is 2. The van der Waals surface area contributed by atoms with Gasteiger partial charge in [0.15, 0.2) is 0 Å². The fourth-order valence-corrected chi connectivity index (χ4v) is 1.76. The highest BCUT2D eigenvalue weighted by atomic mass is 16.2. The van der Waals surface area contributed by atoms with Gasteiger partial charge in [-0.2, -0.15) is 0 Å². The van der Waals surface area contributed by atoms with E-state index >= 15 is 0 Å². The monoisotopic (exact) mass is 270 g/mol. The second-order valence-corrected chi connectivity index (χ2v) is 4.61. The van der Waals surface area contributed by atoms with Crippen molar-refractivity contribution in [1.82, 2.24) is 4.98 Å². The molecule has 5 nitrogen and oxygen atoms in total. The van der Waals surface area contributed by atoms with Gasteiger partial charge in [-0.1, -0.05) is 12.1 Å². The van der Waals surface area contributed by atoms with Crippen LogP contribution in [-0.2, 0) is 0 Å². The maximum absolute atomic E-state index is 12.1. The van der Waals surface area contributed by atoms with Crippen molar-refractivity contribution in [3.05, 3.63) is 54.4 Å². The van der Waals surface area contributed by atoms with Gasteiger partial charge in [0.05, 0.1) is 0 Å². The lowest BCUT2D eigenvalue weighted by Gasteiger charge is -2.18. The van der Waals surface area contributed by atoms with Gasteiger partial charge >= 0.3 is 6.03 Å². The molecular formula is C15H18N4O. The Bertz CT molecular complexity index is 566. The summed E-state index contributed by atoms with van der Waals surface area (Å²) in [4.78, 5) is 17.6. The highest BCUT2D eigenvalue weighted by Gasteiger charge is 2.10. The number of hydrogen-bond donors (Lipinski definition) is 2. The van der Waals surface area contributed by atoms with E-state index in [4.69, 9.17) is 5.73 Å². The highest BCUT2D eigenvalue weighted by molar-refractivity contribution is 6.01. The summed E-state index contributed by atoms with van der Waals surface area (Å²) in [5.74, 6) is 0. The van der Waals surface area contributed by atoms with E-state index in [2.05, 4.69) is 10.3 Å². The third-order valence-corrected chi connectivity index (χ3v) is 3.04. The average molecular weight is 270 g/mol. The molecule has 2 amide bonds. The summed E-state index contributed by atoms with van der Waals surface area (Å²) in [7, 11) is 1.71. The van der Waals surface area contributed by atoms with E-state index in [1.54, 1.807) is 31.6 Å². The molecule has 0 saturated heterocycles. The van der Waals surface area contributed by atoms with Crippen LogP contribution >= 0.6 is 0 Å². The maximum Gasteiger partial charge on any atom is 0.326 e. The first-order chi connectivity index (χ1) is 9.58. The number of rotatable bonds is 3. The Labute approximate surface area is 118 Å². The number of nitrogens with zero attached hydrogens (tertiary/aromatic N) is 2. The van der Waals surface area contributed by atoms with Crippen molar-refractivity contribution in [2.24, 2.45) is 5.73 Å². The molecule has 1 atom stereocenters. The number of urea groups is 1. The number of aromatic nitrogens is 1. The summed E-state index contributed by atoms with van der Waals surface area (Å²) in [6.07, 6.45) is 3.30. The lowest BCUT2D eigenvalue weighted by molar-refractivity contribution is 0.258. The minimum Gasteiger partial charge on any atom is -0.324 e. The second-order valence-electron chi connectivity index (χ2n) is 4.61. The van der Waals surface area contributed by atoms with Crippen LogP contribution < -0.4 is 16.0 Å². The first-order valence-corrected chi connectivity index (χ1v) is 6.38. The number of nitrogens with one attached hydrogen (secondary N) is 1. The predicted octanol–water partition coefficient (Wildman–Crippen LogP) is 2.77. The maximum atomic E-state index is 12.1. The molecule has 0 aliphatic heterocycles. The number of pyridine rings is 1. The summed E-state index contributed by atoms with van der Waals surface area (Å²) >= 11 is 0. The Hall–Kier alpha value is -2.40. The van der Waals surface area contributed by atoms with Crippen LogP contribution in [0.5, 0.6) is 0 Å². The topological polar surface area (TPSA) is 71.2 Å². The quantitative estimate of drug-likeness (QED) is 0.900. The minimum absolute atomic E-state index is 0.0146. The Balaban J connectivity index is 2.04. The molecule has 1 aromatic heterocycles. The van der Waals surface area contributed by atoms with Crippen molar-refractivity contribution < 1.29 is 4.79 Å². The Morgan fingerprint density at radius 2 is 1.80 bits per heavy atom. The van der Waals surface area contributed by atoms with Crippen LogP contribution in [0.3, 0.4) is 0 Å². The number of hydrogen-bond acceptors (Lipinski definition) is 3. The molecular weight excluding hydrogens is 252 g/mol. The molecule has 0 aliphatic rings. The van der Waals surface area contributed by atoms with Gasteiger partial charge in [0.1, 0.15) is 0 Å². The number of carbonyl (C=O) groups is 1. The molecule has 0 spiro atoms. The highest BCUT2D eigenvalue weighted by Crippen LogP contribution is 2.16. The first kappa shape index (κ1) is 14.0. The molecule has 20 heavy (non-hydrogen) atoms. The third kappa shape index (κ3) is 3.33. The standard InChI is InChI=1S/C15H18N4O/c1-11(16)12-3-5-13(6-4-12)18-15(20)19(2)14-7-9-17-10-8-14/h3-11H,16H2,1-2H3,(H,18,20). The number of amides is 2. The normalized spacial score (nSPS) is 11.8. The molecule has 3 N–H and O–H groups in total. The first-order valence-electron chi connectivity index (χ1n) is 6.38. The number of carbonyl (C=O) groups excluding carboxylic acids is 1. The smallest absolute Gasteiger partial charge is 0.324 e. The molecule has 0 radical (unpaired) electrons. The molecule has 0 fully saturated rings. The van der Waals surface area contributed by atoms with Crippen LogP contribution in [0.2, 0.25) is 0 Å². The van der Waals surface area contributed by atoms with Crippen LogP contribution in [0.25, 0.3) is 0 Å². The van der Waals surface area contributed by atoms with E-state index in [0.29, 0.717) is 0 Å². The molecule has 1 aromatic carbocycles. The van der Waals surface area contributed by atoms with Crippen molar-refractivity contribution in [3.63, 3.8) is 0 Å². The average Bonchev–Trinajstić information content (AvgIpc) is 2.48. The zero-order valence-corrected chi connectivity index (χ0v) is 11.6. The van der Waals surface area contributed by atoms with Crippen LogP contribution in [0.4, 0.5) is 16.2 Å². The summed E-state index contributed by atoms with van der Waals surface area (Å²) in [6, 6.07) is 10.8. The van der Waals surface area contributed by atoms with Gasteiger partial charge in [0.25, 0.3) is 0 Å². The zero-order chi connectivity index (χ0) is 14.5. The molecule has 104 valence electrons. The zero-order valence-electron chi connectivity index (χ0n) is 11.6. The predicted molar refractivity (Wildman–Crippen MR) is 80.7 cm³/mol. The fraction of sp³-hybridized carbons (Fsp3) is 0.200. The molecule has 5 heteroatoms. The number of benzene rings is 1. The summed E-state index contributed by atoms with van der Waals surface area (Å²) < 4.78 is 0. The van der Waals surface area contributed by atoms with Crippen molar-refractivity contribution in [2.45, 2.75) is 13.0 Å². The Morgan fingerprint density at radius 3 is 2.35 bits per heavy atom. The Kier molecular flexibility index (Phi) is 4.32. The van der Waals surface area contributed by atoms with Gasteiger partial charge in [-0.3, -0.25) is 9.88 Å². The lowest BCUT2D eigenvalue weighted by Crippen LogP contribution is -2.31.